The molecule has 3 aromatic heterocycles. The quantitative estimate of drug-likeness (QED) is 0.0414. The van der Waals surface area contributed by atoms with Crippen molar-refractivity contribution >= 4 is 82.3 Å². The molecule has 3 aromatic carbocycles. The molecule has 103 heavy (non-hydrogen) atoms. The molecule has 566 valence electrons. The molecule has 25 heteroatoms. The molecule has 6 aromatic rings. The Hall–Kier alpha value is -6.71. The summed E-state index contributed by atoms with van der Waals surface area (Å²) in [5.74, 6) is 2.44. The average Bonchev–Trinajstić information content (AvgIpc) is 1.59. The molecule has 5 atom stereocenters. The molecule has 0 saturated carbocycles. The van der Waals surface area contributed by atoms with Gasteiger partial charge in [0.1, 0.15) is 0 Å². The fourth-order valence-electron chi connectivity index (χ4n) is 16.8. The lowest BCUT2D eigenvalue weighted by Gasteiger charge is -2.33. The molecule has 0 spiro atoms. The van der Waals surface area contributed by atoms with Gasteiger partial charge in [-0.05, 0) is 252 Å². The first-order valence-electron chi connectivity index (χ1n) is 37.8. The minimum Gasteiger partial charge on any atom is -0.392 e. The number of benzene rings is 3. The first kappa shape index (κ1) is 78.9. The fraction of sp³-hybridized carbons (Fsp3) is 0.628. The highest BCUT2D eigenvalue weighted by Crippen LogP contribution is 2.44. The Morgan fingerprint density at radius 3 is 1.23 bits per heavy atom. The van der Waals surface area contributed by atoms with Crippen LogP contribution in [0.4, 0.5) is 0 Å². The summed E-state index contributed by atoms with van der Waals surface area (Å²) >= 11 is 0. The van der Waals surface area contributed by atoms with E-state index in [1.54, 1.807) is 70.0 Å². The van der Waals surface area contributed by atoms with E-state index in [1.807, 2.05) is 32.9 Å². The fourth-order valence-corrected chi connectivity index (χ4v) is 19.4. The maximum Gasteiger partial charge on any atom is 0.254 e. The molecule has 6 aliphatic rings. The van der Waals surface area contributed by atoms with Crippen LogP contribution in [0.25, 0.3) is 32.7 Å². The number of hydrogen-bond acceptors (Lipinski definition) is 15. The van der Waals surface area contributed by atoms with Gasteiger partial charge in [-0.3, -0.25) is 24.0 Å². The predicted molar refractivity (Wildman–Crippen MR) is 400 cm³/mol. The Labute approximate surface area is 608 Å². The SMILES string of the molecule is CCN(CC(=O)NCC(C)O)C(=O)c1ccc2c(c1)c1c(n2S(=O)(=O)CC)CCC(C2CCOCC2)C1.CCN(CC(=O)NCCOC)C(=O)c1ccc2c(c1)c1c(n2S(=O)(=O)CC)CCC(C2CCOCC2)C1.CCN(CC(C)O)C(=O)c1ccc2c(c1)c1c(n2C)CCC(C2CCOCC2)C1. The van der Waals surface area contributed by atoms with Crippen LogP contribution in [0.2, 0.25) is 0 Å². The molecule has 3 fully saturated rings. The molecular weight excluding hydrogens is 1350 g/mol. The number of fused-ring (bicyclic) bond motifs is 9. The van der Waals surface area contributed by atoms with Crippen molar-refractivity contribution in [3.05, 3.63) is 105 Å². The highest BCUT2D eigenvalue weighted by atomic mass is 32.2. The molecule has 5 amide bonds. The van der Waals surface area contributed by atoms with Crippen LogP contribution in [-0.2, 0) is 94.2 Å². The predicted octanol–water partition coefficient (Wildman–Crippen LogP) is 8.48. The van der Waals surface area contributed by atoms with Gasteiger partial charge in [-0.1, -0.05) is 0 Å². The number of likely N-dealkylation sites (N-methyl/N-ethyl adjacent to an activating group) is 3. The van der Waals surface area contributed by atoms with E-state index in [9.17, 15) is 51.0 Å². The summed E-state index contributed by atoms with van der Waals surface area (Å²) in [5.41, 5.74) is 10.7. The van der Waals surface area contributed by atoms with Gasteiger partial charge in [-0.25, -0.2) is 24.8 Å². The van der Waals surface area contributed by atoms with Crippen molar-refractivity contribution in [2.75, 3.05) is 117 Å². The second-order valence-corrected chi connectivity index (χ2v) is 33.3. The van der Waals surface area contributed by atoms with Gasteiger partial charge in [0.15, 0.2) is 0 Å². The van der Waals surface area contributed by atoms with Crippen molar-refractivity contribution in [2.24, 2.45) is 42.6 Å². The van der Waals surface area contributed by atoms with E-state index in [4.69, 9.17) is 18.9 Å². The molecule has 4 N–H and O–H groups in total. The van der Waals surface area contributed by atoms with E-state index >= 15 is 0 Å². The lowest BCUT2D eigenvalue weighted by molar-refractivity contribution is -0.122. The number of rotatable bonds is 24. The van der Waals surface area contributed by atoms with Crippen LogP contribution in [0, 0.1) is 35.5 Å². The number of methoxy groups -OCH3 is 1. The van der Waals surface area contributed by atoms with Crippen LogP contribution in [0.5, 0.6) is 0 Å². The third kappa shape index (κ3) is 18.2. The molecule has 3 aliphatic carbocycles. The summed E-state index contributed by atoms with van der Waals surface area (Å²) in [7, 11) is -3.31. The number of carbonyl (C=O) groups excluding carboxylic acids is 5. The highest BCUT2D eigenvalue weighted by Gasteiger charge is 2.38. The molecule has 3 aliphatic heterocycles. The van der Waals surface area contributed by atoms with E-state index in [0.717, 1.165) is 155 Å². The van der Waals surface area contributed by atoms with Crippen molar-refractivity contribution in [1.82, 2.24) is 37.8 Å². The first-order chi connectivity index (χ1) is 49.4. The third-order valence-corrected chi connectivity index (χ3v) is 26.0. The summed E-state index contributed by atoms with van der Waals surface area (Å²) in [6, 6.07) is 16.6. The number of aliphatic hydroxyl groups is 2. The Bertz CT molecular complexity index is 4200. The number of nitrogens with one attached hydrogen (secondary N) is 2. The Balaban J connectivity index is 0.000000167. The first-order valence-corrected chi connectivity index (χ1v) is 41.1. The lowest BCUT2D eigenvalue weighted by Crippen LogP contribution is -2.42. The van der Waals surface area contributed by atoms with Gasteiger partial charge in [0, 0.05) is 149 Å². The molecule has 5 unspecified atom stereocenters. The van der Waals surface area contributed by atoms with Gasteiger partial charge in [0.25, 0.3) is 17.7 Å². The maximum absolute atomic E-state index is 13.4. The van der Waals surface area contributed by atoms with Gasteiger partial charge in [0.2, 0.25) is 31.9 Å². The maximum atomic E-state index is 13.4. The molecule has 23 nitrogen and oxygen atoms in total. The highest BCUT2D eigenvalue weighted by molar-refractivity contribution is 7.90. The van der Waals surface area contributed by atoms with Gasteiger partial charge in [-0.15, -0.1) is 0 Å². The van der Waals surface area contributed by atoms with E-state index < -0.39 is 32.3 Å². The van der Waals surface area contributed by atoms with Gasteiger partial charge in [0.05, 0.1) is 54.4 Å². The summed E-state index contributed by atoms with van der Waals surface area (Å²) in [5, 5.41) is 27.4. The van der Waals surface area contributed by atoms with Crippen LogP contribution in [0.15, 0.2) is 54.6 Å². The number of aliphatic hydroxyl groups excluding tert-OH is 2. The number of ether oxygens (including phenoxy) is 4. The molecule has 3 saturated heterocycles. The Kier molecular flexibility index (Phi) is 27.3. The number of nitrogens with zero attached hydrogens (tertiary/aromatic N) is 6. The van der Waals surface area contributed by atoms with E-state index in [-0.39, 0.29) is 60.7 Å². The lowest BCUT2D eigenvalue weighted by atomic mass is 9.75. The second kappa shape index (κ2) is 35.6. The van der Waals surface area contributed by atoms with Crippen LogP contribution >= 0.6 is 0 Å². The van der Waals surface area contributed by atoms with Crippen molar-refractivity contribution < 1.29 is 70.0 Å². The minimum atomic E-state index is -3.52. The smallest absolute Gasteiger partial charge is 0.254 e. The summed E-state index contributed by atoms with van der Waals surface area (Å²) in [6.45, 7) is 19.6. The van der Waals surface area contributed by atoms with Crippen molar-refractivity contribution in [2.45, 2.75) is 157 Å². The van der Waals surface area contributed by atoms with Gasteiger partial charge >= 0.3 is 0 Å². The number of hydrogen-bond donors (Lipinski definition) is 4. The molecule has 0 bridgehead atoms. The monoisotopic (exact) mass is 1460 g/mol. The van der Waals surface area contributed by atoms with Crippen LogP contribution in [0.1, 0.15) is 171 Å². The standard InChI is InChI=1S/2C27H39N3O6S.C24H34N2O3/c1-4-29(18-26(31)28-12-15-35-3)27(32)21-7-9-25-23(17-21)22-16-20(19-10-13-36-14-11-19)6-8-24(22)30(25)37(33,34)5-2;1-4-29(17-26(32)28-16-18(3)31)27(33)21-7-9-25-23(15-21)22-14-20(19-10-12-36-13-11-19)6-8-24(22)30(25)37(34,35)5-2;1-4-26(15-16(2)27)24(28)19-6-8-23-21(14-19)20-13-18(5-7-22(20)25(23)3)17-9-11-29-12-10-17/h7,9,17,19-20H,4-6,8,10-16,18H2,1-3H3,(H,28,31);7,9,15,18-20,31H,4-6,8,10-14,16-17H2,1-3H3,(H,28,32);6,8,14,16-18,27H,4-5,7,9-13,15H2,1-3H3. The zero-order valence-corrected chi connectivity index (χ0v) is 63.8. The van der Waals surface area contributed by atoms with Crippen LogP contribution in [0.3, 0.4) is 0 Å². The summed E-state index contributed by atoms with van der Waals surface area (Å²) < 4.78 is 79.6. The number of carbonyl (C=O) groups is 5. The third-order valence-electron chi connectivity index (χ3n) is 22.6. The van der Waals surface area contributed by atoms with Crippen LogP contribution < -0.4 is 10.6 Å². The van der Waals surface area contributed by atoms with E-state index in [2.05, 4.69) is 34.4 Å². The summed E-state index contributed by atoms with van der Waals surface area (Å²) in [6.07, 6.45) is 13.7. The van der Waals surface area contributed by atoms with Gasteiger partial charge in [-0.2, -0.15) is 0 Å². The number of amides is 5. The number of aromatic nitrogens is 3. The van der Waals surface area contributed by atoms with E-state index in [1.165, 1.54) is 59.2 Å². The van der Waals surface area contributed by atoms with Gasteiger partial charge < -0.3 is 59.1 Å². The second-order valence-electron chi connectivity index (χ2n) is 29.0. The van der Waals surface area contributed by atoms with Crippen molar-refractivity contribution in [3.8, 4) is 0 Å². The van der Waals surface area contributed by atoms with Crippen molar-refractivity contribution in [3.63, 3.8) is 0 Å². The molecule has 6 heterocycles. The zero-order valence-electron chi connectivity index (χ0n) is 62.1. The van der Waals surface area contributed by atoms with Crippen molar-refractivity contribution in [1.29, 1.82) is 0 Å². The largest absolute Gasteiger partial charge is 0.392 e. The molecule has 0 radical (unpaired) electrons. The summed E-state index contributed by atoms with van der Waals surface area (Å²) in [4.78, 5) is 69.1. The number of aryl methyl sites for hydroxylation is 1. The topological polar surface area (TPSA) is 280 Å². The zero-order chi connectivity index (χ0) is 73.9. The Morgan fingerprint density at radius 1 is 0.505 bits per heavy atom. The minimum absolute atomic E-state index is 0.00151. The van der Waals surface area contributed by atoms with Crippen LogP contribution in [-0.4, -0.2) is 213 Å². The average molecular weight is 1470 g/mol. The Morgan fingerprint density at radius 2 is 0.864 bits per heavy atom. The van der Waals surface area contributed by atoms with E-state index in [0.29, 0.717) is 98.0 Å². The normalized spacial score (nSPS) is 19.6. The molecule has 12 rings (SSSR count). The molecular formula is C78H112N8O15S2.